The molecule has 0 unspecified atom stereocenters. The quantitative estimate of drug-likeness (QED) is 0.652. The molecule has 0 radical (unpaired) electrons. The highest BCUT2D eigenvalue weighted by molar-refractivity contribution is 7.89. The molecular weight excluding hydrogens is 226 g/mol. The summed E-state index contributed by atoms with van der Waals surface area (Å²) in [6.45, 7) is 1.43. The summed E-state index contributed by atoms with van der Waals surface area (Å²) in [5.41, 5.74) is 5.22. The minimum Gasteiger partial charge on any atom is -0.329 e. The standard InChI is InChI=1S/C10H23N3O2S/c1-13(10-4-2-3-5-10)8-7-12-16(14,15)9-6-11/h10,12H,2-9,11H2,1H3. The maximum absolute atomic E-state index is 11.3. The average Bonchev–Trinajstić information content (AvgIpc) is 2.69. The molecule has 1 aliphatic carbocycles. The minimum absolute atomic E-state index is 0.0140. The van der Waals surface area contributed by atoms with Gasteiger partial charge in [-0.25, -0.2) is 13.1 Å². The van der Waals surface area contributed by atoms with E-state index < -0.39 is 10.0 Å². The summed E-state index contributed by atoms with van der Waals surface area (Å²) in [5.74, 6) is 0.0140. The van der Waals surface area contributed by atoms with E-state index >= 15 is 0 Å². The third-order valence-corrected chi connectivity index (χ3v) is 4.54. The van der Waals surface area contributed by atoms with E-state index in [4.69, 9.17) is 5.73 Å². The second-order valence-electron chi connectivity index (χ2n) is 4.42. The summed E-state index contributed by atoms with van der Waals surface area (Å²) in [5, 5.41) is 0. The van der Waals surface area contributed by atoms with E-state index in [2.05, 4.69) is 16.7 Å². The first-order chi connectivity index (χ1) is 7.55. The lowest BCUT2D eigenvalue weighted by Gasteiger charge is -2.23. The Kier molecular flexibility index (Phi) is 5.68. The smallest absolute Gasteiger partial charge is 0.212 e. The molecule has 1 rings (SSSR count). The van der Waals surface area contributed by atoms with Gasteiger partial charge in [-0.15, -0.1) is 0 Å². The highest BCUT2D eigenvalue weighted by Crippen LogP contribution is 2.21. The van der Waals surface area contributed by atoms with Crippen LogP contribution >= 0.6 is 0 Å². The zero-order chi connectivity index (χ0) is 12.0. The van der Waals surface area contributed by atoms with Crippen LogP contribution in [-0.2, 0) is 10.0 Å². The third-order valence-electron chi connectivity index (χ3n) is 3.12. The summed E-state index contributed by atoms with van der Waals surface area (Å²) in [6, 6.07) is 0.638. The lowest BCUT2D eigenvalue weighted by molar-refractivity contribution is 0.250. The Hall–Kier alpha value is -0.170. The molecule has 5 nitrogen and oxygen atoms in total. The van der Waals surface area contributed by atoms with E-state index in [0.29, 0.717) is 12.6 Å². The van der Waals surface area contributed by atoms with E-state index in [1.165, 1.54) is 25.7 Å². The number of nitrogens with one attached hydrogen (secondary N) is 1. The van der Waals surface area contributed by atoms with Crippen LogP contribution in [0.1, 0.15) is 25.7 Å². The normalized spacial score (nSPS) is 18.4. The first-order valence-electron chi connectivity index (χ1n) is 5.93. The fourth-order valence-corrected chi connectivity index (χ4v) is 2.99. The monoisotopic (exact) mass is 249 g/mol. The van der Waals surface area contributed by atoms with Crippen molar-refractivity contribution in [2.24, 2.45) is 5.73 Å². The van der Waals surface area contributed by atoms with E-state index in [0.717, 1.165) is 6.54 Å². The van der Waals surface area contributed by atoms with Crippen molar-refractivity contribution in [2.45, 2.75) is 31.7 Å². The Morgan fingerprint density at radius 3 is 2.56 bits per heavy atom. The molecule has 16 heavy (non-hydrogen) atoms. The van der Waals surface area contributed by atoms with Crippen LogP contribution in [0.2, 0.25) is 0 Å². The zero-order valence-electron chi connectivity index (χ0n) is 9.98. The Bertz CT molecular complexity index is 286. The van der Waals surface area contributed by atoms with Crippen LogP contribution in [-0.4, -0.2) is 51.8 Å². The molecule has 1 saturated carbocycles. The lowest BCUT2D eigenvalue weighted by atomic mass is 10.2. The number of likely N-dealkylation sites (N-methyl/N-ethyl adjacent to an activating group) is 1. The van der Waals surface area contributed by atoms with Crippen LogP contribution in [0.5, 0.6) is 0 Å². The van der Waals surface area contributed by atoms with Crippen molar-refractivity contribution >= 4 is 10.0 Å². The minimum atomic E-state index is -3.15. The van der Waals surface area contributed by atoms with Crippen molar-refractivity contribution in [1.82, 2.24) is 9.62 Å². The molecule has 1 fully saturated rings. The highest BCUT2D eigenvalue weighted by Gasteiger charge is 2.19. The number of hydrogen-bond donors (Lipinski definition) is 2. The fourth-order valence-electron chi connectivity index (χ4n) is 2.13. The van der Waals surface area contributed by atoms with Gasteiger partial charge in [0.25, 0.3) is 0 Å². The van der Waals surface area contributed by atoms with Crippen molar-refractivity contribution in [2.75, 3.05) is 32.4 Å². The maximum Gasteiger partial charge on any atom is 0.212 e. The molecule has 0 saturated heterocycles. The van der Waals surface area contributed by atoms with Crippen molar-refractivity contribution in [1.29, 1.82) is 0 Å². The van der Waals surface area contributed by atoms with Crippen molar-refractivity contribution in [3.8, 4) is 0 Å². The summed E-state index contributed by atoms with van der Waals surface area (Å²) in [4.78, 5) is 2.25. The molecule has 96 valence electrons. The average molecular weight is 249 g/mol. The summed E-state index contributed by atoms with van der Waals surface area (Å²) in [6.07, 6.45) is 5.08. The Morgan fingerprint density at radius 1 is 1.38 bits per heavy atom. The Morgan fingerprint density at radius 2 is 2.00 bits per heavy atom. The molecule has 0 heterocycles. The summed E-state index contributed by atoms with van der Waals surface area (Å²) in [7, 11) is -1.09. The van der Waals surface area contributed by atoms with Gasteiger partial charge < -0.3 is 10.6 Å². The van der Waals surface area contributed by atoms with E-state index in [1.54, 1.807) is 0 Å². The van der Waals surface area contributed by atoms with Crippen molar-refractivity contribution < 1.29 is 8.42 Å². The van der Waals surface area contributed by atoms with Gasteiger partial charge in [-0.1, -0.05) is 12.8 Å². The van der Waals surface area contributed by atoms with E-state index in [9.17, 15) is 8.42 Å². The molecule has 0 aromatic heterocycles. The largest absolute Gasteiger partial charge is 0.329 e. The van der Waals surface area contributed by atoms with Crippen molar-refractivity contribution in [3.63, 3.8) is 0 Å². The van der Waals surface area contributed by atoms with Crippen LogP contribution in [0.25, 0.3) is 0 Å². The topological polar surface area (TPSA) is 75.4 Å². The molecule has 0 bridgehead atoms. The van der Waals surface area contributed by atoms with E-state index in [1.807, 2.05) is 0 Å². The highest BCUT2D eigenvalue weighted by atomic mass is 32.2. The van der Waals surface area contributed by atoms with Gasteiger partial charge in [0.15, 0.2) is 0 Å². The maximum atomic E-state index is 11.3. The predicted molar refractivity (Wildman–Crippen MR) is 65.7 cm³/mol. The van der Waals surface area contributed by atoms with Gasteiger partial charge >= 0.3 is 0 Å². The molecule has 0 atom stereocenters. The number of hydrogen-bond acceptors (Lipinski definition) is 4. The molecule has 3 N–H and O–H groups in total. The van der Waals surface area contributed by atoms with Crippen LogP contribution < -0.4 is 10.5 Å². The number of rotatable bonds is 7. The SMILES string of the molecule is CN(CCNS(=O)(=O)CCN)C1CCCC1. The lowest BCUT2D eigenvalue weighted by Crippen LogP contribution is -2.38. The number of nitrogens with two attached hydrogens (primary N) is 1. The first kappa shape index (κ1) is 13.9. The molecule has 0 amide bonds. The predicted octanol–water partition coefficient (Wildman–Crippen LogP) is -0.261. The van der Waals surface area contributed by atoms with Crippen LogP contribution in [0, 0.1) is 0 Å². The molecule has 6 heteroatoms. The third kappa shape index (κ3) is 4.78. The Balaban J connectivity index is 2.19. The van der Waals surface area contributed by atoms with Gasteiger partial charge in [0, 0.05) is 25.7 Å². The van der Waals surface area contributed by atoms with Crippen LogP contribution in [0.4, 0.5) is 0 Å². The van der Waals surface area contributed by atoms with Crippen molar-refractivity contribution in [3.05, 3.63) is 0 Å². The first-order valence-corrected chi connectivity index (χ1v) is 7.58. The van der Waals surface area contributed by atoms with Gasteiger partial charge in [-0.3, -0.25) is 0 Å². The molecule has 0 spiro atoms. The van der Waals surface area contributed by atoms with Gasteiger partial charge in [-0.05, 0) is 19.9 Å². The molecule has 0 aromatic carbocycles. The van der Waals surface area contributed by atoms with Gasteiger partial charge in [0.2, 0.25) is 10.0 Å². The summed E-state index contributed by atoms with van der Waals surface area (Å²) >= 11 is 0. The Labute approximate surface area is 98.4 Å². The zero-order valence-corrected chi connectivity index (χ0v) is 10.8. The van der Waals surface area contributed by atoms with Crippen LogP contribution in [0.15, 0.2) is 0 Å². The second kappa shape index (κ2) is 6.54. The second-order valence-corrected chi connectivity index (χ2v) is 6.35. The molecule has 0 aromatic rings. The molecule has 1 aliphatic rings. The summed E-state index contributed by atoms with van der Waals surface area (Å²) < 4.78 is 25.2. The van der Waals surface area contributed by atoms with Gasteiger partial charge in [-0.2, -0.15) is 0 Å². The van der Waals surface area contributed by atoms with Crippen LogP contribution in [0.3, 0.4) is 0 Å². The fraction of sp³-hybridized carbons (Fsp3) is 1.00. The molecule has 0 aliphatic heterocycles. The number of sulfonamides is 1. The van der Waals surface area contributed by atoms with Gasteiger partial charge in [0.1, 0.15) is 0 Å². The molecular formula is C10H23N3O2S. The van der Waals surface area contributed by atoms with E-state index in [-0.39, 0.29) is 12.3 Å². The number of nitrogens with zero attached hydrogens (tertiary/aromatic N) is 1. The van der Waals surface area contributed by atoms with Gasteiger partial charge in [0.05, 0.1) is 5.75 Å².